The lowest BCUT2D eigenvalue weighted by molar-refractivity contribution is 0.469. The summed E-state index contributed by atoms with van der Waals surface area (Å²) >= 11 is 5.88. The molecule has 0 radical (unpaired) electrons. The third-order valence-corrected chi connectivity index (χ3v) is 3.13. The second-order valence-corrected chi connectivity index (χ2v) is 5.62. The van der Waals surface area contributed by atoms with Gasteiger partial charge in [0.25, 0.3) is 0 Å². The maximum atomic E-state index is 5.92. The van der Waals surface area contributed by atoms with Crippen molar-refractivity contribution in [3.8, 4) is 11.5 Å². The minimum absolute atomic E-state index is 0.638. The molecule has 0 amide bonds. The number of rotatable bonds is 6. The van der Waals surface area contributed by atoms with E-state index in [4.69, 9.17) is 16.3 Å². The Bertz CT molecular complexity index is 537. The first-order valence-corrected chi connectivity index (χ1v) is 7.25. The van der Waals surface area contributed by atoms with Gasteiger partial charge >= 0.3 is 0 Å². The first-order valence-electron chi connectivity index (χ1n) is 6.87. The maximum absolute atomic E-state index is 5.92. The van der Waals surface area contributed by atoms with Gasteiger partial charge in [0.15, 0.2) is 0 Å². The van der Waals surface area contributed by atoms with E-state index in [1.165, 1.54) is 0 Å². The van der Waals surface area contributed by atoms with Crippen LogP contribution < -0.4 is 10.1 Å². The molecule has 2 aromatic rings. The summed E-state index contributed by atoms with van der Waals surface area (Å²) < 4.78 is 5.92. The predicted molar refractivity (Wildman–Crippen MR) is 84.5 cm³/mol. The minimum Gasteiger partial charge on any atom is -0.457 e. The fourth-order valence-corrected chi connectivity index (χ4v) is 2.00. The van der Waals surface area contributed by atoms with Gasteiger partial charge in [-0.05, 0) is 42.8 Å². The molecule has 2 nitrogen and oxygen atoms in total. The molecule has 0 spiro atoms. The number of benzene rings is 2. The summed E-state index contributed by atoms with van der Waals surface area (Å²) in [5, 5.41) is 4.15. The van der Waals surface area contributed by atoms with Crippen molar-refractivity contribution in [1.82, 2.24) is 5.32 Å². The van der Waals surface area contributed by atoms with Gasteiger partial charge in [0.2, 0.25) is 0 Å². The average molecular weight is 290 g/mol. The number of hydrogen-bond donors (Lipinski definition) is 1. The standard InChI is InChI=1S/C17H20ClNO/c1-13(2)11-19-12-14-5-3-4-6-17(14)20-16-9-7-15(18)8-10-16/h3-10,13,19H,11-12H2,1-2H3. The van der Waals surface area contributed by atoms with Gasteiger partial charge in [-0.25, -0.2) is 0 Å². The number of halogens is 1. The van der Waals surface area contributed by atoms with E-state index in [-0.39, 0.29) is 0 Å². The van der Waals surface area contributed by atoms with Gasteiger partial charge in [0.1, 0.15) is 11.5 Å². The van der Waals surface area contributed by atoms with Crippen LogP contribution in [0.3, 0.4) is 0 Å². The molecule has 0 unspecified atom stereocenters. The normalized spacial score (nSPS) is 10.8. The van der Waals surface area contributed by atoms with Gasteiger partial charge < -0.3 is 10.1 Å². The Hall–Kier alpha value is -1.51. The Labute approximate surface area is 125 Å². The van der Waals surface area contributed by atoms with Gasteiger partial charge in [-0.1, -0.05) is 43.6 Å². The molecule has 0 saturated heterocycles. The summed E-state index contributed by atoms with van der Waals surface area (Å²) in [4.78, 5) is 0. The molecule has 20 heavy (non-hydrogen) atoms. The van der Waals surface area contributed by atoms with Crippen molar-refractivity contribution >= 4 is 11.6 Å². The molecule has 0 fully saturated rings. The zero-order chi connectivity index (χ0) is 14.4. The van der Waals surface area contributed by atoms with Crippen molar-refractivity contribution in [1.29, 1.82) is 0 Å². The molecule has 0 aromatic heterocycles. The lowest BCUT2D eigenvalue weighted by atomic mass is 10.2. The molecule has 1 N–H and O–H groups in total. The smallest absolute Gasteiger partial charge is 0.131 e. The molecule has 0 saturated carbocycles. The molecule has 0 aliphatic heterocycles. The van der Waals surface area contributed by atoms with E-state index in [1.807, 2.05) is 42.5 Å². The summed E-state index contributed by atoms with van der Waals surface area (Å²) in [7, 11) is 0. The number of nitrogens with one attached hydrogen (secondary N) is 1. The minimum atomic E-state index is 0.638. The summed E-state index contributed by atoms with van der Waals surface area (Å²) in [6.45, 7) is 6.20. The van der Waals surface area contributed by atoms with Crippen LogP contribution >= 0.6 is 11.6 Å². The lowest BCUT2D eigenvalue weighted by Crippen LogP contribution is -2.19. The Morgan fingerprint density at radius 1 is 1.05 bits per heavy atom. The van der Waals surface area contributed by atoms with Crippen LogP contribution in [-0.2, 0) is 6.54 Å². The van der Waals surface area contributed by atoms with Crippen LogP contribution in [0.4, 0.5) is 0 Å². The molecule has 3 heteroatoms. The molecule has 2 rings (SSSR count). The van der Waals surface area contributed by atoms with E-state index in [9.17, 15) is 0 Å². The zero-order valence-corrected chi connectivity index (χ0v) is 12.7. The Balaban J connectivity index is 2.05. The largest absolute Gasteiger partial charge is 0.457 e. The third kappa shape index (κ3) is 4.55. The SMILES string of the molecule is CC(C)CNCc1ccccc1Oc1ccc(Cl)cc1. The van der Waals surface area contributed by atoms with Crippen molar-refractivity contribution < 1.29 is 4.74 Å². The molecule has 0 bridgehead atoms. The Morgan fingerprint density at radius 2 is 1.75 bits per heavy atom. The van der Waals surface area contributed by atoms with E-state index in [0.717, 1.165) is 30.2 Å². The molecule has 106 valence electrons. The molecule has 0 aliphatic carbocycles. The van der Waals surface area contributed by atoms with Crippen molar-refractivity contribution in [2.45, 2.75) is 20.4 Å². The highest BCUT2D eigenvalue weighted by atomic mass is 35.5. The van der Waals surface area contributed by atoms with Gasteiger partial charge in [-0.3, -0.25) is 0 Å². The number of para-hydroxylation sites is 1. The number of hydrogen-bond acceptors (Lipinski definition) is 2. The summed E-state index contributed by atoms with van der Waals surface area (Å²) in [6, 6.07) is 15.5. The van der Waals surface area contributed by atoms with E-state index in [2.05, 4.69) is 25.2 Å². The van der Waals surface area contributed by atoms with Crippen LogP contribution in [0.15, 0.2) is 48.5 Å². The van der Waals surface area contributed by atoms with Crippen LogP contribution in [0.1, 0.15) is 19.4 Å². The van der Waals surface area contributed by atoms with E-state index in [0.29, 0.717) is 10.9 Å². The number of ether oxygens (including phenoxy) is 1. The topological polar surface area (TPSA) is 21.3 Å². The summed E-state index contributed by atoms with van der Waals surface area (Å²) in [5.41, 5.74) is 1.16. The molecule has 0 heterocycles. The van der Waals surface area contributed by atoms with Crippen molar-refractivity contribution in [3.63, 3.8) is 0 Å². The molecular formula is C17H20ClNO. The van der Waals surface area contributed by atoms with E-state index < -0.39 is 0 Å². The lowest BCUT2D eigenvalue weighted by Gasteiger charge is -2.13. The maximum Gasteiger partial charge on any atom is 0.131 e. The second kappa shape index (κ2) is 7.32. The Kier molecular flexibility index (Phi) is 5.45. The quantitative estimate of drug-likeness (QED) is 0.818. The highest BCUT2D eigenvalue weighted by molar-refractivity contribution is 6.30. The molecule has 0 aliphatic rings. The fraction of sp³-hybridized carbons (Fsp3) is 0.294. The summed E-state index contributed by atoms with van der Waals surface area (Å²) in [6.07, 6.45) is 0. The highest BCUT2D eigenvalue weighted by Gasteiger charge is 2.04. The Morgan fingerprint density at radius 3 is 2.45 bits per heavy atom. The summed E-state index contributed by atoms with van der Waals surface area (Å²) in [5.74, 6) is 2.32. The van der Waals surface area contributed by atoms with E-state index >= 15 is 0 Å². The predicted octanol–water partition coefficient (Wildman–Crippen LogP) is 4.88. The monoisotopic (exact) mass is 289 g/mol. The van der Waals surface area contributed by atoms with Crippen LogP contribution in [0.2, 0.25) is 5.02 Å². The fourth-order valence-electron chi connectivity index (χ4n) is 1.87. The van der Waals surface area contributed by atoms with Crippen molar-refractivity contribution in [2.24, 2.45) is 5.92 Å². The van der Waals surface area contributed by atoms with E-state index in [1.54, 1.807) is 0 Å². The van der Waals surface area contributed by atoms with Crippen LogP contribution in [0.25, 0.3) is 0 Å². The average Bonchev–Trinajstić information content (AvgIpc) is 2.43. The van der Waals surface area contributed by atoms with Crippen molar-refractivity contribution in [2.75, 3.05) is 6.54 Å². The van der Waals surface area contributed by atoms with Gasteiger partial charge in [0, 0.05) is 17.1 Å². The van der Waals surface area contributed by atoms with Crippen molar-refractivity contribution in [3.05, 3.63) is 59.1 Å². The molecule has 2 aromatic carbocycles. The van der Waals surface area contributed by atoms with Crippen LogP contribution in [0.5, 0.6) is 11.5 Å². The highest BCUT2D eigenvalue weighted by Crippen LogP contribution is 2.26. The first kappa shape index (κ1) is 14.9. The van der Waals surface area contributed by atoms with Crippen LogP contribution in [-0.4, -0.2) is 6.54 Å². The van der Waals surface area contributed by atoms with Crippen LogP contribution in [0, 0.1) is 5.92 Å². The first-order chi connectivity index (χ1) is 9.65. The second-order valence-electron chi connectivity index (χ2n) is 5.19. The van der Waals surface area contributed by atoms with Gasteiger partial charge in [-0.2, -0.15) is 0 Å². The van der Waals surface area contributed by atoms with Gasteiger partial charge in [-0.15, -0.1) is 0 Å². The molecule has 0 atom stereocenters. The van der Waals surface area contributed by atoms with Gasteiger partial charge in [0.05, 0.1) is 0 Å². The molecular weight excluding hydrogens is 270 g/mol. The third-order valence-electron chi connectivity index (χ3n) is 2.88. The zero-order valence-electron chi connectivity index (χ0n) is 11.9.